The van der Waals surface area contributed by atoms with Crippen LogP contribution in [0.5, 0.6) is 0 Å². The van der Waals surface area contributed by atoms with Crippen molar-refractivity contribution in [3.8, 4) is 0 Å². The van der Waals surface area contributed by atoms with E-state index >= 15 is 0 Å². The highest BCUT2D eigenvalue weighted by atomic mass is 16.3. The highest BCUT2D eigenvalue weighted by Gasteiger charge is 2.25. The zero-order chi connectivity index (χ0) is 14.4. The zero-order valence-electron chi connectivity index (χ0n) is 11.4. The quantitative estimate of drug-likeness (QED) is 0.813. The molecule has 0 bridgehead atoms. The zero-order valence-corrected chi connectivity index (χ0v) is 11.4. The van der Waals surface area contributed by atoms with Crippen LogP contribution in [0.15, 0.2) is 30.3 Å². The van der Waals surface area contributed by atoms with Gasteiger partial charge in [0, 0.05) is 6.04 Å². The van der Waals surface area contributed by atoms with Crippen molar-refractivity contribution in [2.24, 2.45) is 0 Å². The molecule has 0 aromatic heterocycles. The molecule has 0 radical (unpaired) electrons. The van der Waals surface area contributed by atoms with Gasteiger partial charge in [0.1, 0.15) is 0 Å². The lowest BCUT2D eigenvalue weighted by molar-refractivity contribution is -0.130. The Morgan fingerprint density at radius 2 is 2.00 bits per heavy atom. The largest absolute Gasteiger partial charge is 0.395 e. The van der Waals surface area contributed by atoms with Crippen molar-refractivity contribution in [3.63, 3.8) is 0 Å². The van der Waals surface area contributed by atoms with Crippen molar-refractivity contribution < 1.29 is 14.7 Å². The van der Waals surface area contributed by atoms with Crippen LogP contribution in [0, 0.1) is 0 Å². The van der Waals surface area contributed by atoms with Gasteiger partial charge in [0.05, 0.1) is 19.6 Å². The van der Waals surface area contributed by atoms with Gasteiger partial charge in [-0.1, -0.05) is 30.3 Å². The summed E-state index contributed by atoms with van der Waals surface area (Å²) in [6.07, 6.45) is 2.09. The highest BCUT2D eigenvalue weighted by molar-refractivity contribution is 5.96. The number of nitrogens with zero attached hydrogens (tertiary/aromatic N) is 1. The number of aliphatic hydroxyl groups is 1. The summed E-state index contributed by atoms with van der Waals surface area (Å²) in [4.78, 5) is 25.5. The van der Waals surface area contributed by atoms with Gasteiger partial charge in [-0.2, -0.15) is 0 Å². The smallest absolute Gasteiger partial charge is 0.240 e. The normalized spacial score (nSPS) is 18.9. The number of amides is 2. The minimum atomic E-state index is -0.300. The van der Waals surface area contributed by atoms with Crippen molar-refractivity contribution in [1.29, 1.82) is 0 Å². The van der Waals surface area contributed by atoms with Crippen molar-refractivity contribution in [3.05, 3.63) is 35.9 Å². The summed E-state index contributed by atoms with van der Waals surface area (Å²) in [6.45, 7) is 1.03. The minimum Gasteiger partial charge on any atom is -0.395 e. The Labute approximate surface area is 118 Å². The topological polar surface area (TPSA) is 69.6 Å². The number of aliphatic hydroxyl groups excluding tert-OH is 1. The fourth-order valence-electron chi connectivity index (χ4n) is 2.52. The van der Waals surface area contributed by atoms with Gasteiger partial charge in [-0.05, 0) is 24.9 Å². The standard InChI is InChI=1S/C15H20N2O3/c18-11-13-7-4-8-17(13)10-15(20)16-14(19)9-12-5-2-1-3-6-12/h1-3,5-6,13,18H,4,7-11H2,(H,16,19,20). The molecule has 1 heterocycles. The number of benzene rings is 1. The summed E-state index contributed by atoms with van der Waals surface area (Å²) in [5.41, 5.74) is 0.882. The van der Waals surface area contributed by atoms with Crippen molar-refractivity contribution >= 4 is 11.8 Å². The Morgan fingerprint density at radius 3 is 2.70 bits per heavy atom. The molecule has 20 heavy (non-hydrogen) atoms. The highest BCUT2D eigenvalue weighted by Crippen LogP contribution is 2.15. The average molecular weight is 276 g/mol. The van der Waals surface area contributed by atoms with Crippen LogP contribution >= 0.6 is 0 Å². The van der Waals surface area contributed by atoms with E-state index in [2.05, 4.69) is 5.32 Å². The summed E-state index contributed by atoms with van der Waals surface area (Å²) < 4.78 is 0. The number of hydrogen-bond acceptors (Lipinski definition) is 4. The van der Waals surface area contributed by atoms with Gasteiger partial charge >= 0.3 is 0 Å². The molecule has 1 aliphatic rings. The first-order valence-corrected chi connectivity index (χ1v) is 6.90. The fraction of sp³-hybridized carbons (Fsp3) is 0.467. The van der Waals surface area contributed by atoms with E-state index in [1.807, 2.05) is 35.2 Å². The van der Waals surface area contributed by atoms with E-state index in [-0.39, 0.29) is 37.4 Å². The monoisotopic (exact) mass is 276 g/mol. The van der Waals surface area contributed by atoms with Crippen LogP contribution in [0.25, 0.3) is 0 Å². The van der Waals surface area contributed by atoms with Gasteiger partial charge in [-0.3, -0.25) is 19.8 Å². The number of imide groups is 1. The van der Waals surface area contributed by atoms with Crippen molar-refractivity contribution in [1.82, 2.24) is 10.2 Å². The fourth-order valence-corrected chi connectivity index (χ4v) is 2.52. The number of likely N-dealkylation sites (tertiary alicyclic amines) is 1. The van der Waals surface area contributed by atoms with E-state index in [0.717, 1.165) is 24.9 Å². The first kappa shape index (κ1) is 14.7. The maximum atomic E-state index is 11.8. The van der Waals surface area contributed by atoms with Crippen molar-refractivity contribution in [2.45, 2.75) is 25.3 Å². The second-order valence-electron chi connectivity index (χ2n) is 5.08. The van der Waals surface area contributed by atoms with E-state index in [1.165, 1.54) is 0 Å². The Balaban J connectivity index is 1.78. The second kappa shape index (κ2) is 7.17. The molecule has 1 fully saturated rings. The van der Waals surface area contributed by atoms with Gasteiger partial charge in [0.15, 0.2) is 0 Å². The molecule has 2 N–H and O–H groups in total. The molecule has 5 heteroatoms. The SMILES string of the molecule is O=C(Cc1ccccc1)NC(=O)CN1CCCC1CO. The molecule has 2 amide bonds. The van der Waals surface area contributed by atoms with Crippen LogP contribution in [0.4, 0.5) is 0 Å². The van der Waals surface area contributed by atoms with Gasteiger partial charge < -0.3 is 5.11 Å². The number of nitrogens with one attached hydrogen (secondary N) is 1. The van der Waals surface area contributed by atoms with Crippen LogP contribution in [-0.2, 0) is 16.0 Å². The summed E-state index contributed by atoms with van der Waals surface area (Å²) >= 11 is 0. The number of carbonyl (C=O) groups is 2. The van der Waals surface area contributed by atoms with Gasteiger partial charge in [0.2, 0.25) is 11.8 Å². The molecule has 0 spiro atoms. The van der Waals surface area contributed by atoms with Crippen molar-refractivity contribution in [2.75, 3.05) is 19.7 Å². The molecule has 1 unspecified atom stereocenters. The first-order valence-electron chi connectivity index (χ1n) is 6.90. The Hall–Kier alpha value is -1.72. The van der Waals surface area contributed by atoms with E-state index in [9.17, 15) is 14.7 Å². The Kier molecular flexibility index (Phi) is 5.26. The molecule has 5 nitrogen and oxygen atoms in total. The van der Waals surface area contributed by atoms with Crippen LogP contribution in [0.2, 0.25) is 0 Å². The summed E-state index contributed by atoms with van der Waals surface area (Å²) in [6, 6.07) is 9.36. The van der Waals surface area contributed by atoms with Crippen LogP contribution in [0.3, 0.4) is 0 Å². The van der Waals surface area contributed by atoms with Gasteiger partial charge in [-0.15, -0.1) is 0 Å². The lowest BCUT2D eigenvalue weighted by Gasteiger charge is -2.21. The molecule has 1 saturated heterocycles. The average Bonchev–Trinajstić information content (AvgIpc) is 2.86. The first-order chi connectivity index (χ1) is 9.69. The predicted octanol–water partition coefficient (Wildman–Crippen LogP) is 0.329. The molecule has 1 aliphatic heterocycles. The van der Waals surface area contributed by atoms with Gasteiger partial charge in [0.25, 0.3) is 0 Å². The maximum Gasteiger partial charge on any atom is 0.240 e. The van der Waals surface area contributed by atoms with Crippen LogP contribution in [0.1, 0.15) is 18.4 Å². The maximum absolute atomic E-state index is 11.8. The molecule has 1 aromatic carbocycles. The summed E-state index contributed by atoms with van der Waals surface area (Å²) in [7, 11) is 0. The van der Waals surface area contributed by atoms with Crippen LogP contribution < -0.4 is 5.32 Å². The third-order valence-corrected chi connectivity index (χ3v) is 3.54. The molecule has 0 saturated carbocycles. The third kappa shape index (κ3) is 4.15. The summed E-state index contributed by atoms with van der Waals surface area (Å²) in [5.74, 6) is -0.591. The summed E-state index contributed by atoms with van der Waals surface area (Å²) in [5, 5.41) is 11.6. The number of rotatable bonds is 5. The molecule has 0 aliphatic carbocycles. The van der Waals surface area contributed by atoms with E-state index in [1.54, 1.807) is 0 Å². The van der Waals surface area contributed by atoms with E-state index < -0.39 is 0 Å². The van der Waals surface area contributed by atoms with E-state index in [0.29, 0.717) is 0 Å². The molecular formula is C15H20N2O3. The Bertz CT molecular complexity index is 461. The second-order valence-corrected chi connectivity index (χ2v) is 5.08. The number of hydrogen-bond donors (Lipinski definition) is 2. The third-order valence-electron chi connectivity index (χ3n) is 3.54. The Morgan fingerprint density at radius 1 is 1.25 bits per heavy atom. The van der Waals surface area contributed by atoms with E-state index in [4.69, 9.17) is 0 Å². The lowest BCUT2D eigenvalue weighted by Crippen LogP contribution is -2.43. The number of carbonyl (C=O) groups excluding carboxylic acids is 2. The molecular weight excluding hydrogens is 256 g/mol. The van der Waals surface area contributed by atoms with Gasteiger partial charge in [-0.25, -0.2) is 0 Å². The molecule has 2 rings (SSSR count). The predicted molar refractivity (Wildman–Crippen MR) is 75.0 cm³/mol. The molecule has 1 aromatic rings. The molecule has 1 atom stereocenters. The lowest BCUT2D eigenvalue weighted by atomic mass is 10.1. The van der Waals surface area contributed by atoms with Crippen LogP contribution in [-0.4, -0.2) is 47.6 Å². The molecule has 108 valence electrons. The minimum absolute atomic E-state index is 0.0463.